The number of hydrogen-bond acceptors (Lipinski definition) is 5. The molecule has 0 saturated carbocycles. The topological polar surface area (TPSA) is 92.0 Å². The Labute approximate surface area is 211 Å². The Balaban J connectivity index is 1.55. The van der Waals surface area contributed by atoms with Crippen molar-refractivity contribution >= 4 is 6.09 Å². The summed E-state index contributed by atoms with van der Waals surface area (Å²) in [5.41, 5.74) is 2.11. The summed E-state index contributed by atoms with van der Waals surface area (Å²) in [4.78, 5) is 27.0. The number of carbonyl (C=O) groups excluding carboxylic acids is 1. The van der Waals surface area contributed by atoms with Crippen molar-refractivity contribution < 1.29 is 19.7 Å². The molecule has 4 rings (SSSR count). The Hall–Kier alpha value is -3.42. The molecule has 2 aromatic carbocycles. The first kappa shape index (κ1) is 25.7. The van der Waals surface area contributed by atoms with E-state index in [1.165, 1.54) is 4.57 Å². The first-order valence-corrected chi connectivity index (χ1v) is 12.2. The SMILES string of the molecule is Cc1ccc(C2(CC(C)(O)CO)CCN(C(C)c3ccc(-c4ccn(C)c(=O)c4)cc3)C(=O)O2)cc1. The lowest BCUT2D eigenvalue weighted by Gasteiger charge is -2.45. The summed E-state index contributed by atoms with van der Waals surface area (Å²) in [7, 11) is 1.72. The van der Waals surface area contributed by atoms with Gasteiger partial charge in [-0.25, -0.2) is 4.79 Å². The van der Waals surface area contributed by atoms with Crippen molar-refractivity contribution in [3.8, 4) is 11.1 Å². The molecule has 190 valence electrons. The summed E-state index contributed by atoms with van der Waals surface area (Å²) in [6.07, 6.45) is 1.86. The summed E-state index contributed by atoms with van der Waals surface area (Å²) >= 11 is 0. The van der Waals surface area contributed by atoms with Crippen LogP contribution in [-0.4, -0.2) is 44.5 Å². The predicted octanol–water partition coefficient (Wildman–Crippen LogP) is 4.29. The number of aliphatic hydroxyl groups excluding tert-OH is 1. The van der Waals surface area contributed by atoms with Gasteiger partial charge in [-0.05, 0) is 49.1 Å². The fourth-order valence-corrected chi connectivity index (χ4v) is 4.84. The van der Waals surface area contributed by atoms with E-state index in [4.69, 9.17) is 4.74 Å². The molecule has 2 N–H and O–H groups in total. The smallest absolute Gasteiger partial charge is 0.411 e. The van der Waals surface area contributed by atoms with E-state index in [2.05, 4.69) is 0 Å². The lowest BCUT2D eigenvalue weighted by atomic mass is 9.79. The Bertz CT molecular complexity index is 1280. The summed E-state index contributed by atoms with van der Waals surface area (Å²) in [6.45, 7) is 5.50. The van der Waals surface area contributed by atoms with Gasteiger partial charge in [0, 0.05) is 38.7 Å². The van der Waals surface area contributed by atoms with Gasteiger partial charge in [-0.2, -0.15) is 0 Å². The van der Waals surface area contributed by atoms with Crippen molar-refractivity contribution in [2.75, 3.05) is 13.2 Å². The standard InChI is InChI=1S/C29H34N2O5/c1-20-5-11-25(12-6-20)29(18-28(3,35)19-32)14-16-31(27(34)36-29)21(2)22-7-9-23(10-8-22)24-13-15-30(4)26(33)17-24/h5-13,15,17,21,32,35H,14,16,18-19H2,1-4H3. The highest BCUT2D eigenvalue weighted by Crippen LogP contribution is 2.42. The number of aliphatic hydroxyl groups is 2. The maximum absolute atomic E-state index is 13.3. The average Bonchev–Trinajstić information content (AvgIpc) is 2.85. The molecule has 7 nitrogen and oxygen atoms in total. The van der Waals surface area contributed by atoms with Gasteiger partial charge >= 0.3 is 6.09 Å². The lowest BCUT2D eigenvalue weighted by molar-refractivity contribution is -0.117. The van der Waals surface area contributed by atoms with E-state index >= 15 is 0 Å². The van der Waals surface area contributed by atoms with Gasteiger partial charge in [0.05, 0.1) is 18.2 Å². The summed E-state index contributed by atoms with van der Waals surface area (Å²) in [6, 6.07) is 18.8. The summed E-state index contributed by atoms with van der Waals surface area (Å²) in [5, 5.41) is 20.4. The molecule has 0 spiro atoms. The molecule has 1 fully saturated rings. The number of aromatic nitrogens is 1. The molecule has 2 heterocycles. The van der Waals surface area contributed by atoms with Gasteiger partial charge < -0.3 is 24.4 Å². The predicted molar refractivity (Wildman–Crippen MR) is 139 cm³/mol. The van der Waals surface area contributed by atoms with Crippen molar-refractivity contribution in [1.29, 1.82) is 0 Å². The van der Waals surface area contributed by atoms with Crippen molar-refractivity contribution in [2.45, 2.75) is 50.9 Å². The van der Waals surface area contributed by atoms with Gasteiger partial charge in [0.1, 0.15) is 5.60 Å². The van der Waals surface area contributed by atoms with Gasteiger partial charge in [-0.1, -0.05) is 54.1 Å². The highest BCUT2D eigenvalue weighted by atomic mass is 16.6. The number of aryl methyl sites for hydroxylation is 2. The Morgan fingerprint density at radius 2 is 1.72 bits per heavy atom. The number of carbonyl (C=O) groups is 1. The molecular weight excluding hydrogens is 456 g/mol. The van der Waals surface area contributed by atoms with Crippen molar-refractivity contribution in [3.63, 3.8) is 0 Å². The van der Waals surface area contributed by atoms with E-state index in [0.29, 0.717) is 13.0 Å². The van der Waals surface area contributed by atoms with E-state index in [1.807, 2.05) is 68.4 Å². The van der Waals surface area contributed by atoms with Crippen LogP contribution in [0.2, 0.25) is 0 Å². The van der Waals surface area contributed by atoms with E-state index in [0.717, 1.165) is 27.8 Å². The van der Waals surface area contributed by atoms with Crippen LogP contribution < -0.4 is 5.56 Å². The fraction of sp³-hybridized carbons (Fsp3) is 0.379. The number of amides is 1. The number of pyridine rings is 1. The highest BCUT2D eigenvalue weighted by Gasteiger charge is 2.47. The Morgan fingerprint density at radius 1 is 1.06 bits per heavy atom. The van der Waals surface area contributed by atoms with E-state index in [9.17, 15) is 19.8 Å². The molecule has 1 aliphatic rings. The van der Waals surface area contributed by atoms with Crippen LogP contribution in [0.25, 0.3) is 11.1 Å². The molecule has 1 amide bonds. The quantitative estimate of drug-likeness (QED) is 0.515. The lowest BCUT2D eigenvalue weighted by Crippen LogP contribution is -2.52. The summed E-state index contributed by atoms with van der Waals surface area (Å²) < 4.78 is 7.62. The number of ether oxygens (including phenoxy) is 1. The molecule has 0 radical (unpaired) electrons. The zero-order chi connectivity index (χ0) is 26.1. The van der Waals surface area contributed by atoms with Gasteiger partial charge in [0.25, 0.3) is 5.56 Å². The Morgan fingerprint density at radius 3 is 2.31 bits per heavy atom. The number of benzene rings is 2. The van der Waals surface area contributed by atoms with Gasteiger partial charge in [-0.3, -0.25) is 4.79 Å². The zero-order valence-corrected chi connectivity index (χ0v) is 21.3. The van der Waals surface area contributed by atoms with Crippen LogP contribution in [0.3, 0.4) is 0 Å². The third-order valence-corrected chi connectivity index (χ3v) is 7.16. The minimum Gasteiger partial charge on any atom is -0.438 e. The minimum absolute atomic E-state index is 0.0711. The van der Waals surface area contributed by atoms with E-state index in [1.54, 1.807) is 31.1 Å². The number of hydrogen-bond donors (Lipinski definition) is 2. The first-order chi connectivity index (χ1) is 17.0. The molecular formula is C29H34N2O5. The maximum atomic E-state index is 13.3. The van der Waals surface area contributed by atoms with Crippen LogP contribution in [0.5, 0.6) is 0 Å². The van der Waals surface area contributed by atoms with Crippen molar-refractivity contribution in [2.24, 2.45) is 7.05 Å². The molecule has 0 aliphatic carbocycles. The normalized spacial score (nSPS) is 20.5. The maximum Gasteiger partial charge on any atom is 0.411 e. The van der Waals surface area contributed by atoms with Gasteiger partial charge in [-0.15, -0.1) is 0 Å². The van der Waals surface area contributed by atoms with E-state index < -0.39 is 23.9 Å². The second-order valence-electron chi connectivity index (χ2n) is 10.2. The minimum atomic E-state index is -1.40. The molecule has 36 heavy (non-hydrogen) atoms. The average molecular weight is 491 g/mol. The molecule has 1 aromatic heterocycles. The molecule has 7 heteroatoms. The Kier molecular flexibility index (Phi) is 7.07. The number of nitrogens with zero attached hydrogens (tertiary/aromatic N) is 2. The second kappa shape index (κ2) is 9.91. The van der Waals surface area contributed by atoms with Crippen LogP contribution in [0.15, 0.2) is 71.7 Å². The molecule has 3 aromatic rings. The second-order valence-corrected chi connectivity index (χ2v) is 10.2. The molecule has 3 unspecified atom stereocenters. The molecule has 3 atom stereocenters. The number of rotatable bonds is 7. The van der Waals surface area contributed by atoms with Crippen LogP contribution >= 0.6 is 0 Å². The van der Waals surface area contributed by atoms with E-state index in [-0.39, 0.29) is 18.0 Å². The first-order valence-electron chi connectivity index (χ1n) is 12.2. The molecule has 1 aliphatic heterocycles. The number of cyclic esters (lactones) is 1. The van der Waals surface area contributed by atoms with Gasteiger partial charge in [0.2, 0.25) is 0 Å². The molecule has 1 saturated heterocycles. The van der Waals surface area contributed by atoms with Crippen LogP contribution in [-0.2, 0) is 17.4 Å². The summed E-state index contributed by atoms with van der Waals surface area (Å²) in [5.74, 6) is 0. The zero-order valence-electron chi connectivity index (χ0n) is 21.3. The third-order valence-electron chi connectivity index (χ3n) is 7.16. The van der Waals surface area contributed by atoms with Gasteiger partial charge in [0.15, 0.2) is 0 Å². The van der Waals surface area contributed by atoms with Crippen molar-refractivity contribution in [3.05, 3.63) is 93.9 Å². The van der Waals surface area contributed by atoms with Crippen molar-refractivity contribution in [1.82, 2.24) is 9.47 Å². The highest BCUT2D eigenvalue weighted by molar-refractivity contribution is 5.70. The largest absolute Gasteiger partial charge is 0.438 e. The van der Waals surface area contributed by atoms with Crippen LogP contribution in [0.1, 0.15) is 49.4 Å². The third kappa shape index (κ3) is 5.22. The molecule has 0 bridgehead atoms. The van der Waals surface area contributed by atoms with Crippen LogP contribution in [0, 0.1) is 6.92 Å². The van der Waals surface area contributed by atoms with Crippen LogP contribution in [0.4, 0.5) is 4.79 Å². The fourth-order valence-electron chi connectivity index (χ4n) is 4.84. The monoisotopic (exact) mass is 490 g/mol.